The average Bonchev–Trinajstić information content (AvgIpc) is 2.78. The summed E-state index contributed by atoms with van der Waals surface area (Å²) in [4.78, 5) is 25.9. The molecule has 5 N–H and O–H groups in total. The molecule has 0 unspecified atom stereocenters. The maximum absolute atomic E-state index is 12.9. The molecule has 0 aromatic heterocycles. The lowest BCUT2D eigenvalue weighted by atomic mass is 10.1. The van der Waals surface area contributed by atoms with Crippen LogP contribution in [-0.4, -0.2) is 43.3 Å². The van der Waals surface area contributed by atoms with Gasteiger partial charge in [0.2, 0.25) is 0 Å². The highest BCUT2D eigenvalue weighted by Gasteiger charge is 2.08. The van der Waals surface area contributed by atoms with Gasteiger partial charge in [-0.05, 0) is 54.7 Å². The lowest BCUT2D eigenvalue weighted by Crippen LogP contribution is -2.39. The van der Waals surface area contributed by atoms with Crippen LogP contribution in [0.5, 0.6) is 11.5 Å². The molecule has 2 rings (SSSR count). The molecule has 0 aliphatic rings. The standard InChI is InChI=1S/C16H25N3O2.C9H10FNO3/c1-11(2)8-12(3)18-16(17)19-15(20)10-13-6-5-7-14(9-13)21-4;1-14-8-4-6(2-3-7(8)10)5-11-9(12)13/h5-7,9,11-12H,8,10H2,1-4H3,(H3,17,18,19,20);2-4,11H,5H2,1H3,(H,12,13)/t12-;/m1./s1. The predicted molar refractivity (Wildman–Crippen MR) is 133 cm³/mol. The molecule has 0 saturated heterocycles. The minimum atomic E-state index is -1.12. The number of nitrogens with zero attached hydrogens (tertiary/aromatic N) is 1. The summed E-state index contributed by atoms with van der Waals surface area (Å²) in [7, 11) is 2.95. The van der Waals surface area contributed by atoms with Gasteiger partial charge in [0.25, 0.3) is 5.91 Å². The number of nitrogens with one attached hydrogen (secondary N) is 2. The fourth-order valence-corrected chi connectivity index (χ4v) is 3.17. The molecule has 0 saturated carbocycles. The van der Waals surface area contributed by atoms with E-state index in [1.807, 2.05) is 31.2 Å². The number of rotatable bonds is 9. The third-order valence-corrected chi connectivity index (χ3v) is 4.61. The van der Waals surface area contributed by atoms with Crippen molar-refractivity contribution in [3.63, 3.8) is 0 Å². The van der Waals surface area contributed by atoms with Crippen LogP contribution < -0.4 is 25.8 Å². The monoisotopic (exact) mass is 490 g/mol. The van der Waals surface area contributed by atoms with Crippen LogP contribution in [0.1, 0.15) is 38.3 Å². The van der Waals surface area contributed by atoms with Crippen molar-refractivity contribution < 1.29 is 28.6 Å². The zero-order chi connectivity index (χ0) is 26.4. The van der Waals surface area contributed by atoms with Crippen molar-refractivity contribution in [2.75, 3.05) is 14.2 Å². The van der Waals surface area contributed by atoms with E-state index in [9.17, 15) is 14.0 Å². The highest BCUT2D eigenvalue weighted by Crippen LogP contribution is 2.18. The first-order valence-electron chi connectivity index (χ1n) is 11.1. The normalized spacial score (nSPS) is 11.7. The minimum Gasteiger partial charge on any atom is -0.497 e. The Hall–Kier alpha value is -3.82. The van der Waals surface area contributed by atoms with Gasteiger partial charge in [-0.3, -0.25) is 4.79 Å². The number of carbonyl (C=O) groups is 2. The topological polar surface area (TPSA) is 135 Å². The summed E-state index contributed by atoms with van der Waals surface area (Å²) in [6, 6.07) is 11.7. The third-order valence-electron chi connectivity index (χ3n) is 4.61. The number of ether oxygens (including phenoxy) is 2. The second-order valence-corrected chi connectivity index (χ2v) is 8.22. The van der Waals surface area contributed by atoms with Crippen LogP contribution in [0, 0.1) is 11.7 Å². The number of methoxy groups -OCH3 is 2. The fraction of sp³-hybridized carbons (Fsp3) is 0.400. The Morgan fingerprint density at radius 1 is 1.09 bits per heavy atom. The maximum atomic E-state index is 12.9. The molecule has 2 aromatic rings. The average molecular weight is 491 g/mol. The van der Waals surface area contributed by atoms with E-state index in [-0.39, 0.29) is 36.6 Å². The van der Waals surface area contributed by atoms with E-state index in [2.05, 4.69) is 29.5 Å². The van der Waals surface area contributed by atoms with Gasteiger partial charge in [-0.2, -0.15) is 4.99 Å². The van der Waals surface area contributed by atoms with E-state index < -0.39 is 11.9 Å². The van der Waals surface area contributed by atoms with Gasteiger partial charge >= 0.3 is 6.09 Å². The van der Waals surface area contributed by atoms with Crippen LogP contribution in [0.15, 0.2) is 47.5 Å². The van der Waals surface area contributed by atoms with Gasteiger partial charge < -0.3 is 30.9 Å². The van der Waals surface area contributed by atoms with Crippen molar-refractivity contribution >= 4 is 18.0 Å². The number of carboxylic acid groups (broad SMARTS) is 1. The number of amides is 2. The number of benzene rings is 2. The van der Waals surface area contributed by atoms with Gasteiger partial charge in [0.05, 0.1) is 20.6 Å². The molecule has 0 bridgehead atoms. The number of carbonyl (C=O) groups excluding carboxylic acids is 1. The van der Waals surface area contributed by atoms with Crippen LogP contribution in [0.3, 0.4) is 0 Å². The molecule has 1 atom stereocenters. The highest BCUT2D eigenvalue weighted by atomic mass is 19.1. The molecule has 2 aromatic carbocycles. The van der Waals surface area contributed by atoms with Crippen LogP contribution in [0.4, 0.5) is 9.18 Å². The summed E-state index contributed by atoms with van der Waals surface area (Å²) in [5.41, 5.74) is 7.25. The van der Waals surface area contributed by atoms with Gasteiger partial charge in [0, 0.05) is 12.6 Å². The molecule has 0 fully saturated rings. The van der Waals surface area contributed by atoms with E-state index in [1.165, 1.54) is 25.3 Å². The third kappa shape index (κ3) is 12.3. The lowest BCUT2D eigenvalue weighted by Gasteiger charge is -2.16. The van der Waals surface area contributed by atoms with Crippen molar-refractivity contribution in [2.24, 2.45) is 16.6 Å². The van der Waals surface area contributed by atoms with E-state index in [1.54, 1.807) is 7.11 Å². The van der Waals surface area contributed by atoms with Crippen molar-refractivity contribution in [1.82, 2.24) is 10.6 Å². The first-order chi connectivity index (χ1) is 16.5. The Morgan fingerprint density at radius 2 is 1.80 bits per heavy atom. The van der Waals surface area contributed by atoms with Crippen LogP contribution in [0.2, 0.25) is 0 Å². The summed E-state index contributed by atoms with van der Waals surface area (Å²) in [6.45, 7) is 6.43. The number of aliphatic imine (C=N–C) groups is 1. The zero-order valence-corrected chi connectivity index (χ0v) is 20.8. The molecule has 9 nitrogen and oxygen atoms in total. The number of hydrogen-bond donors (Lipinski definition) is 4. The van der Waals surface area contributed by atoms with Crippen molar-refractivity contribution in [1.29, 1.82) is 0 Å². The summed E-state index contributed by atoms with van der Waals surface area (Å²) in [5.74, 6) is 0.830. The maximum Gasteiger partial charge on any atom is 0.404 e. The number of halogens is 1. The Labute approximate surface area is 205 Å². The van der Waals surface area contributed by atoms with Gasteiger partial charge in [-0.15, -0.1) is 0 Å². The second-order valence-electron chi connectivity index (χ2n) is 8.22. The quantitative estimate of drug-likeness (QED) is 0.311. The molecule has 0 heterocycles. The number of hydrogen-bond acceptors (Lipinski definition) is 4. The molecule has 0 aliphatic heterocycles. The molecule has 10 heteroatoms. The molecule has 0 radical (unpaired) electrons. The van der Waals surface area contributed by atoms with Crippen molar-refractivity contribution in [2.45, 2.75) is 46.2 Å². The van der Waals surface area contributed by atoms with Gasteiger partial charge in [0.15, 0.2) is 17.5 Å². The smallest absolute Gasteiger partial charge is 0.404 e. The number of guanidine groups is 1. The summed E-state index contributed by atoms with van der Waals surface area (Å²) >= 11 is 0. The molecule has 0 spiro atoms. The Bertz CT molecular complexity index is 998. The van der Waals surface area contributed by atoms with E-state index in [0.29, 0.717) is 11.5 Å². The first-order valence-corrected chi connectivity index (χ1v) is 11.1. The summed E-state index contributed by atoms with van der Waals surface area (Å²) in [6.07, 6.45) is 0.0617. The minimum absolute atomic E-state index is 0.106. The zero-order valence-electron chi connectivity index (χ0n) is 20.8. The molecular weight excluding hydrogens is 455 g/mol. The second kappa shape index (κ2) is 15.2. The highest BCUT2D eigenvalue weighted by molar-refractivity contribution is 5.93. The van der Waals surface area contributed by atoms with Crippen LogP contribution in [-0.2, 0) is 17.8 Å². The molecule has 0 aliphatic carbocycles. The Morgan fingerprint density at radius 3 is 2.40 bits per heavy atom. The van der Waals surface area contributed by atoms with Crippen LogP contribution in [0.25, 0.3) is 0 Å². The first kappa shape index (κ1) is 29.2. The molecule has 35 heavy (non-hydrogen) atoms. The Kier molecular flexibility index (Phi) is 12.6. The molecule has 192 valence electrons. The van der Waals surface area contributed by atoms with Crippen LogP contribution >= 0.6 is 0 Å². The predicted octanol–water partition coefficient (Wildman–Crippen LogP) is 3.71. The van der Waals surface area contributed by atoms with E-state index in [0.717, 1.165) is 17.7 Å². The van der Waals surface area contributed by atoms with E-state index in [4.69, 9.17) is 20.3 Å². The number of nitrogens with two attached hydrogens (primary N) is 1. The summed E-state index contributed by atoms with van der Waals surface area (Å²) < 4.78 is 22.8. The largest absolute Gasteiger partial charge is 0.497 e. The lowest BCUT2D eigenvalue weighted by molar-refractivity contribution is -0.117. The SMILES string of the molecule is COc1cc(CNC(=O)O)ccc1F.COc1cccc(CC(=O)N=C(N)N[C@H](C)CC(C)C)c1. The summed E-state index contributed by atoms with van der Waals surface area (Å²) in [5, 5.41) is 13.5. The van der Waals surface area contributed by atoms with E-state index >= 15 is 0 Å². The van der Waals surface area contributed by atoms with Gasteiger partial charge in [-0.1, -0.05) is 32.0 Å². The van der Waals surface area contributed by atoms with Crippen molar-refractivity contribution in [3.8, 4) is 11.5 Å². The molecular formula is C25H35FN4O5. The van der Waals surface area contributed by atoms with Gasteiger partial charge in [-0.25, -0.2) is 9.18 Å². The molecule has 2 amide bonds. The van der Waals surface area contributed by atoms with Gasteiger partial charge in [0.1, 0.15) is 5.75 Å². The van der Waals surface area contributed by atoms with Crippen molar-refractivity contribution in [3.05, 3.63) is 59.4 Å². The fourth-order valence-electron chi connectivity index (χ4n) is 3.17. The Balaban J connectivity index is 0.000000379.